The van der Waals surface area contributed by atoms with Crippen molar-refractivity contribution in [2.45, 2.75) is 6.54 Å². The molecule has 0 bridgehead atoms. The average Bonchev–Trinajstić information content (AvgIpc) is 2.38. The maximum Gasteiger partial charge on any atom is 0.147 e. The van der Waals surface area contributed by atoms with Gasteiger partial charge in [-0.25, -0.2) is 4.39 Å². The predicted octanol–water partition coefficient (Wildman–Crippen LogP) is 4.86. The first-order valence-corrected chi connectivity index (χ1v) is 6.79. The Hall–Kier alpha value is -1.26. The van der Waals surface area contributed by atoms with Gasteiger partial charge in [0.2, 0.25) is 0 Å². The highest BCUT2D eigenvalue weighted by molar-refractivity contribution is 9.10. The maximum atomic E-state index is 13.6. The summed E-state index contributed by atoms with van der Waals surface area (Å²) < 4.78 is 19.6. The van der Waals surface area contributed by atoms with Crippen molar-refractivity contribution in [2.75, 3.05) is 12.4 Å². The van der Waals surface area contributed by atoms with Crippen molar-refractivity contribution < 1.29 is 9.13 Å². The predicted molar refractivity (Wildman–Crippen MR) is 79.4 cm³/mol. The maximum absolute atomic E-state index is 13.6. The first-order chi connectivity index (χ1) is 9.11. The Balaban J connectivity index is 2.13. The van der Waals surface area contributed by atoms with Gasteiger partial charge in [-0.3, -0.25) is 0 Å². The molecule has 0 aliphatic carbocycles. The van der Waals surface area contributed by atoms with Crippen LogP contribution in [-0.2, 0) is 6.54 Å². The summed E-state index contributed by atoms with van der Waals surface area (Å²) >= 11 is 9.35. The van der Waals surface area contributed by atoms with Crippen molar-refractivity contribution >= 4 is 33.2 Å². The molecule has 19 heavy (non-hydrogen) atoms. The molecule has 0 amide bonds. The molecule has 0 fully saturated rings. The van der Waals surface area contributed by atoms with Crippen LogP contribution < -0.4 is 10.1 Å². The first-order valence-electron chi connectivity index (χ1n) is 5.62. The molecule has 0 aliphatic heterocycles. The zero-order valence-corrected chi connectivity index (χ0v) is 12.6. The lowest BCUT2D eigenvalue weighted by Crippen LogP contribution is -2.02. The molecule has 0 saturated carbocycles. The monoisotopic (exact) mass is 343 g/mol. The molecular weight excluding hydrogens is 333 g/mol. The first kappa shape index (κ1) is 14.2. The van der Waals surface area contributed by atoms with Gasteiger partial charge >= 0.3 is 0 Å². The van der Waals surface area contributed by atoms with Crippen molar-refractivity contribution in [2.24, 2.45) is 0 Å². The highest BCUT2D eigenvalue weighted by Crippen LogP contribution is 2.28. The zero-order valence-electron chi connectivity index (χ0n) is 10.2. The number of hydrogen-bond donors (Lipinski definition) is 1. The van der Waals surface area contributed by atoms with Crippen LogP contribution in [0.25, 0.3) is 0 Å². The lowest BCUT2D eigenvalue weighted by Gasteiger charge is -2.10. The molecule has 2 aromatic carbocycles. The van der Waals surface area contributed by atoms with Crippen LogP contribution in [0.2, 0.25) is 5.02 Å². The Labute approximate surface area is 124 Å². The van der Waals surface area contributed by atoms with Crippen LogP contribution in [0.3, 0.4) is 0 Å². The topological polar surface area (TPSA) is 21.3 Å². The van der Waals surface area contributed by atoms with Crippen LogP contribution in [0.15, 0.2) is 40.9 Å². The van der Waals surface area contributed by atoms with E-state index in [0.29, 0.717) is 17.3 Å². The lowest BCUT2D eigenvalue weighted by atomic mass is 10.2. The second-order valence-corrected chi connectivity index (χ2v) is 5.18. The van der Waals surface area contributed by atoms with E-state index >= 15 is 0 Å². The summed E-state index contributed by atoms with van der Waals surface area (Å²) in [6.07, 6.45) is 0. The Bertz CT molecular complexity index is 571. The van der Waals surface area contributed by atoms with Crippen LogP contribution in [-0.4, -0.2) is 7.11 Å². The summed E-state index contributed by atoms with van der Waals surface area (Å²) in [4.78, 5) is 0. The van der Waals surface area contributed by atoms with Gasteiger partial charge in [0.15, 0.2) is 0 Å². The van der Waals surface area contributed by atoms with Crippen molar-refractivity contribution in [3.05, 3.63) is 57.3 Å². The van der Waals surface area contributed by atoms with E-state index in [9.17, 15) is 4.39 Å². The molecule has 0 unspecified atom stereocenters. The van der Waals surface area contributed by atoms with Crippen molar-refractivity contribution in [1.82, 2.24) is 0 Å². The normalized spacial score (nSPS) is 10.3. The van der Waals surface area contributed by atoms with Gasteiger partial charge in [0.1, 0.15) is 11.6 Å². The number of benzene rings is 2. The Morgan fingerprint density at radius 3 is 2.74 bits per heavy atom. The quantitative estimate of drug-likeness (QED) is 0.855. The fourth-order valence-corrected chi connectivity index (χ4v) is 2.49. The highest BCUT2D eigenvalue weighted by atomic mass is 79.9. The summed E-state index contributed by atoms with van der Waals surface area (Å²) in [6.45, 7) is 0.475. The molecule has 5 heteroatoms. The van der Waals surface area contributed by atoms with E-state index in [2.05, 4.69) is 21.2 Å². The van der Waals surface area contributed by atoms with Crippen LogP contribution in [0.5, 0.6) is 5.75 Å². The molecular formula is C14H12BrClFNO. The van der Waals surface area contributed by atoms with E-state index in [1.165, 1.54) is 6.07 Å². The molecule has 2 nitrogen and oxygen atoms in total. The summed E-state index contributed by atoms with van der Waals surface area (Å²) in [5.41, 5.74) is 1.31. The third kappa shape index (κ3) is 3.39. The number of ether oxygens (including phenoxy) is 1. The van der Waals surface area contributed by atoms with Gasteiger partial charge in [-0.05, 0) is 45.8 Å². The van der Waals surface area contributed by atoms with Gasteiger partial charge in [0, 0.05) is 6.54 Å². The Morgan fingerprint density at radius 2 is 2.11 bits per heavy atom. The lowest BCUT2D eigenvalue weighted by molar-refractivity contribution is 0.412. The summed E-state index contributed by atoms with van der Waals surface area (Å²) in [5, 5.41) is 3.36. The molecule has 100 valence electrons. The Kier molecular flexibility index (Phi) is 4.66. The fourth-order valence-electron chi connectivity index (χ4n) is 1.68. The average molecular weight is 345 g/mol. The Morgan fingerprint density at radius 1 is 1.32 bits per heavy atom. The number of halogens is 3. The third-order valence-corrected chi connectivity index (χ3v) is 3.58. The molecule has 0 spiro atoms. The van der Waals surface area contributed by atoms with Crippen LogP contribution in [0.1, 0.15) is 5.56 Å². The van der Waals surface area contributed by atoms with Crippen LogP contribution in [0, 0.1) is 5.82 Å². The van der Waals surface area contributed by atoms with Gasteiger partial charge in [0.25, 0.3) is 0 Å². The van der Waals surface area contributed by atoms with E-state index in [-0.39, 0.29) is 5.82 Å². The van der Waals surface area contributed by atoms with Gasteiger partial charge in [0.05, 0.1) is 22.3 Å². The smallest absolute Gasteiger partial charge is 0.147 e. The third-order valence-electron chi connectivity index (χ3n) is 2.65. The second-order valence-electron chi connectivity index (χ2n) is 3.92. The number of nitrogens with one attached hydrogen (secondary N) is 1. The summed E-state index contributed by atoms with van der Waals surface area (Å²) in [7, 11) is 1.61. The number of anilines is 1. The standard InChI is InChI=1S/C14H12BrClFNO/c1-19-13-6-5-9(7-10(13)15)8-18-14-11(16)3-2-4-12(14)17/h2-7,18H,8H2,1H3. The molecule has 0 saturated heterocycles. The van der Waals surface area contributed by atoms with E-state index in [0.717, 1.165) is 15.8 Å². The molecule has 0 atom stereocenters. The molecule has 0 aliphatic rings. The SMILES string of the molecule is COc1ccc(CNc2c(F)cccc2Cl)cc1Br. The molecule has 0 heterocycles. The minimum Gasteiger partial charge on any atom is -0.496 e. The molecule has 0 radical (unpaired) electrons. The fraction of sp³-hybridized carbons (Fsp3) is 0.143. The highest BCUT2D eigenvalue weighted by Gasteiger charge is 2.07. The summed E-state index contributed by atoms with van der Waals surface area (Å²) in [6, 6.07) is 10.3. The van der Waals surface area contributed by atoms with E-state index in [1.54, 1.807) is 19.2 Å². The van der Waals surface area contributed by atoms with Crippen molar-refractivity contribution in [3.63, 3.8) is 0 Å². The molecule has 1 N–H and O–H groups in total. The number of para-hydroxylation sites is 1. The van der Waals surface area contributed by atoms with E-state index < -0.39 is 0 Å². The number of methoxy groups -OCH3 is 1. The van der Waals surface area contributed by atoms with Crippen LogP contribution in [0.4, 0.5) is 10.1 Å². The number of hydrogen-bond acceptors (Lipinski definition) is 2. The van der Waals surface area contributed by atoms with Gasteiger partial charge in [-0.2, -0.15) is 0 Å². The van der Waals surface area contributed by atoms with Gasteiger partial charge in [-0.15, -0.1) is 0 Å². The summed E-state index contributed by atoms with van der Waals surface area (Å²) in [5.74, 6) is 0.396. The van der Waals surface area contributed by atoms with E-state index in [4.69, 9.17) is 16.3 Å². The molecule has 0 aromatic heterocycles. The zero-order chi connectivity index (χ0) is 13.8. The second kappa shape index (κ2) is 6.26. The van der Waals surface area contributed by atoms with Crippen LogP contribution >= 0.6 is 27.5 Å². The molecule has 2 aromatic rings. The largest absolute Gasteiger partial charge is 0.496 e. The minimum absolute atomic E-state index is 0.316. The van der Waals surface area contributed by atoms with Gasteiger partial charge in [-0.1, -0.05) is 23.7 Å². The minimum atomic E-state index is -0.361. The van der Waals surface area contributed by atoms with Crippen molar-refractivity contribution in [3.8, 4) is 5.75 Å². The van der Waals surface area contributed by atoms with Gasteiger partial charge < -0.3 is 10.1 Å². The van der Waals surface area contributed by atoms with Crippen molar-refractivity contribution in [1.29, 1.82) is 0 Å². The number of rotatable bonds is 4. The van der Waals surface area contributed by atoms with E-state index in [1.807, 2.05) is 18.2 Å². The molecule has 2 rings (SSSR count).